The van der Waals surface area contributed by atoms with Crippen LogP contribution in [0.1, 0.15) is 25.0 Å². The molecule has 0 aliphatic heterocycles. The second-order valence-electron chi connectivity index (χ2n) is 3.35. The molecule has 0 amide bonds. The smallest absolute Gasteiger partial charge is 0.0994 e. The Bertz CT molecular complexity index is 343. The van der Waals surface area contributed by atoms with Crippen molar-refractivity contribution in [3.63, 3.8) is 0 Å². The maximum atomic E-state index is 8.90. The van der Waals surface area contributed by atoms with Crippen molar-refractivity contribution in [2.24, 2.45) is 0 Å². The van der Waals surface area contributed by atoms with Gasteiger partial charge in [-0.05, 0) is 43.8 Å². The van der Waals surface area contributed by atoms with Gasteiger partial charge in [0.05, 0.1) is 11.6 Å². The number of rotatable bonds is 3. The minimum atomic E-state index is -0.196. The number of benzene rings is 1. The summed E-state index contributed by atoms with van der Waals surface area (Å²) in [5, 5.41) is 9.53. The first-order valence-corrected chi connectivity index (χ1v) is 8.08. The van der Waals surface area contributed by atoms with Crippen LogP contribution in [0, 0.1) is 17.4 Å². The zero-order valence-electron chi connectivity index (χ0n) is 8.29. The van der Waals surface area contributed by atoms with Gasteiger partial charge in [0.1, 0.15) is 0 Å². The third kappa shape index (κ3) is 3.04. The monoisotopic (exact) mass is 270 g/mol. The van der Waals surface area contributed by atoms with Gasteiger partial charge in [0.25, 0.3) is 0 Å². The first kappa shape index (κ1) is 11.6. The second-order valence-corrected chi connectivity index (χ2v) is 8.23. The average Bonchev–Trinajstić information content (AvgIpc) is 2.18. The number of hydrogen-bond acceptors (Lipinski definition) is 1. The van der Waals surface area contributed by atoms with E-state index < -0.39 is 0 Å². The predicted octanol–water partition coefficient (Wildman–Crippen LogP) is 3.58. The highest BCUT2D eigenvalue weighted by molar-refractivity contribution is 9.54. The van der Waals surface area contributed by atoms with Crippen LogP contribution in [0.4, 0.5) is 0 Å². The van der Waals surface area contributed by atoms with Gasteiger partial charge in [0.2, 0.25) is 0 Å². The molecule has 0 N–H and O–H groups in total. The van der Waals surface area contributed by atoms with Gasteiger partial charge in [-0.3, -0.25) is 0 Å². The average molecular weight is 271 g/mol. The number of hydrogen-bond donors (Lipinski definition) is 1. The number of halogens is 1. The summed E-state index contributed by atoms with van der Waals surface area (Å²) in [4.78, 5) is 0. The molecule has 0 heterocycles. The third-order valence-electron chi connectivity index (χ3n) is 1.95. The lowest BCUT2D eigenvalue weighted by Gasteiger charge is -2.18. The summed E-state index contributed by atoms with van der Waals surface area (Å²) in [7, 11) is -0.196. The first-order chi connectivity index (χ1) is 6.65. The van der Waals surface area contributed by atoms with Crippen LogP contribution in [0.2, 0.25) is 0 Å². The van der Waals surface area contributed by atoms with Crippen LogP contribution in [0.5, 0.6) is 0 Å². The van der Waals surface area contributed by atoms with Crippen LogP contribution in [-0.2, 0) is 5.75 Å². The predicted molar refractivity (Wildman–Crippen MR) is 66.7 cm³/mol. The molecule has 0 fully saturated rings. The molecule has 3 heteroatoms. The van der Waals surface area contributed by atoms with Crippen molar-refractivity contribution in [1.82, 2.24) is 0 Å². The van der Waals surface area contributed by atoms with E-state index in [-0.39, 0.29) is 9.33 Å². The summed E-state index contributed by atoms with van der Waals surface area (Å²) in [6.07, 6.45) is 0. The summed E-state index contributed by atoms with van der Waals surface area (Å²) < 4.78 is 0. The highest BCUT2D eigenvalue weighted by atomic mass is 79.9. The van der Waals surface area contributed by atoms with Crippen LogP contribution in [0.15, 0.2) is 18.2 Å². The van der Waals surface area contributed by atoms with Gasteiger partial charge < -0.3 is 0 Å². The van der Waals surface area contributed by atoms with Crippen molar-refractivity contribution in [2.45, 2.75) is 24.9 Å². The molecule has 1 aromatic carbocycles. The SMILES string of the molecule is CC(C)[SH](Br)Cc1c[c]ccc1C#N. The van der Waals surface area contributed by atoms with Gasteiger partial charge in [-0.25, -0.2) is 0 Å². The molecular formula is C11H13BrNS. The summed E-state index contributed by atoms with van der Waals surface area (Å²) in [6.45, 7) is 4.39. The van der Waals surface area contributed by atoms with Crippen molar-refractivity contribution in [3.8, 4) is 6.07 Å². The Kier molecular flexibility index (Phi) is 4.50. The van der Waals surface area contributed by atoms with Crippen LogP contribution in [-0.4, -0.2) is 5.25 Å². The van der Waals surface area contributed by atoms with E-state index in [0.29, 0.717) is 5.25 Å². The second kappa shape index (κ2) is 5.43. The molecule has 14 heavy (non-hydrogen) atoms. The van der Waals surface area contributed by atoms with E-state index in [1.807, 2.05) is 12.1 Å². The lowest BCUT2D eigenvalue weighted by atomic mass is 10.1. The zero-order valence-corrected chi connectivity index (χ0v) is 10.8. The topological polar surface area (TPSA) is 23.8 Å². The van der Waals surface area contributed by atoms with Crippen molar-refractivity contribution in [2.75, 3.05) is 0 Å². The summed E-state index contributed by atoms with van der Waals surface area (Å²) in [6, 6.07) is 10.8. The van der Waals surface area contributed by atoms with E-state index in [1.54, 1.807) is 6.07 Å². The molecule has 1 rings (SSSR count). The molecule has 1 unspecified atom stereocenters. The standard InChI is InChI=1S/C11H13BrNS/c1-9(2)14(12)8-11-6-4-3-5-10(11)7-13/h3,5-6,9,14H,8H2,1-2H3. The molecule has 1 nitrogen and oxygen atoms in total. The Morgan fingerprint density at radius 3 is 2.93 bits per heavy atom. The van der Waals surface area contributed by atoms with Gasteiger partial charge in [-0.15, -0.1) is 0 Å². The zero-order chi connectivity index (χ0) is 10.6. The largest absolute Gasteiger partial charge is 0.192 e. The quantitative estimate of drug-likeness (QED) is 0.835. The molecule has 0 saturated carbocycles. The summed E-state index contributed by atoms with van der Waals surface area (Å²) in [5.74, 6) is 0.952. The molecule has 1 radical (unpaired) electrons. The maximum Gasteiger partial charge on any atom is 0.0994 e. The van der Waals surface area contributed by atoms with Crippen LogP contribution in [0.3, 0.4) is 0 Å². The van der Waals surface area contributed by atoms with Crippen molar-refractivity contribution in [1.29, 1.82) is 5.26 Å². The fourth-order valence-electron chi connectivity index (χ4n) is 1.05. The number of nitrogens with zero attached hydrogens (tertiary/aromatic N) is 1. The molecule has 1 atom stereocenters. The lowest BCUT2D eigenvalue weighted by Crippen LogP contribution is -1.96. The lowest BCUT2D eigenvalue weighted by molar-refractivity contribution is 1.10. The van der Waals surface area contributed by atoms with Crippen LogP contribution < -0.4 is 0 Å². The minimum Gasteiger partial charge on any atom is -0.192 e. The summed E-state index contributed by atoms with van der Waals surface area (Å²) >= 11 is 3.68. The number of thiol groups is 1. The van der Waals surface area contributed by atoms with Crippen molar-refractivity contribution in [3.05, 3.63) is 35.4 Å². The molecule has 0 spiro atoms. The van der Waals surface area contributed by atoms with Gasteiger partial charge in [0, 0.05) is 5.75 Å². The Balaban J connectivity index is 2.82. The Labute approximate surface area is 95.7 Å². The molecule has 75 valence electrons. The Morgan fingerprint density at radius 2 is 2.36 bits per heavy atom. The fraction of sp³-hybridized carbons (Fsp3) is 0.364. The van der Waals surface area contributed by atoms with E-state index in [0.717, 1.165) is 16.9 Å². The van der Waals surface area contributed by atoms with Crippen molar-refractivity contribution >= 4 is 24.1 Å². The molecule has 0 aromatic heterocycles. The molecule has 0 saturated heterocycles. The molecule has 1 aromatic rings. The molecule has 0 aliphatic carbocycles. The van der Waals surface area contributed by atoms with E-state index >= 15 is 0 Å². The van der Waals surface area contributed by atoms with E-state index in [4.69, 9.17) is 5.26 Å². The molecule has 0 aliphatic rings. The molecule has 0 bridgehead atoms. The third-order valence-corrected chi connectivity index (χ3v) is 6.92. The fourth-order valence-corrected chi connectivity index (χ4v) is 2.81. The van der Waals surface area contributed by atoms with Gasteiger partial charge in [-0.1, -0.05) is 19.9 Å². The van der Waals surface area contributed by atoms with E-state index in [9.17, 15) is 0 Å². The summed E-state index contributed by atoms with van der Waals surface area (Å²) in [5.41, 5.74) is 1.88. The Morgan fingerprint density at radius 1 is 1.64 bits per heavy atom. The Hall–Kier alpha value is -0.460. The van der Waals surface area contributed by atoms with Gasteiger partial charge >= 0.3 is 0 Å². The highest BCUT2D eigenvalue weighted by Crippen LogP contribution is 2.42. The van der Waals surface area contributed by atoms with E-state index in [1.165, 1.54) is 0 Å². The van der Waals surface area contributed by atoms with Gasteiger partial charge in [0.15, 0.2) is 0 Å². The highest BCUT2D eigenvalue weighted by Gasteiger charge is 2.08. The minimum absolute atomic E-state index is 0.196. The van der Waals surface area contributed by atoms with Crippen LogP contribution >= 0.6 is 24.1 Å². The normalized spacial score (nSPS) is 13.8. The van der Waals surface area contributed by atoms with Gasteiger partial charge in [-0.2, -0.15) is 14.6 Å². The van der Waals surface area contributed by atoms with Crippen molar-refractivity contribution < 1.29 is 0 Å². The van der Waals surface area contributed by atoms with Crippen LogP contribution in [0.25, 0.3) is 0 Å². The molecular weight excluding hydrogens is 258 g/mol. The van der Waals surface area contributed by atoms with E-state index in [2.05, 4.69) is 40.8 Å². The maximum absolute atomic E-state index is 8.90. The number of nitriles is 1. The first-order valence-electron chi connectivity index (χ1n) is 4.46.